The Bertz CT molecular complexity index is 602. The van der Waals surface area contributed by atoms with Gasteiger partial charge >= 0.3 is 5.97 Å². The maximum atomic E-state index is 12.4. The molecular formula is C14H13BrN2O3. The van der Waals surface area contributed by atoms with Gasteiger partial charge in [-0.3, -0.25) is 9.59 Å². The lowest BCUT2D eigenvalue weighted by atomic mass is 9.82. The van der Waals surface area contributed by atoms with E-state index >= 15 is 0 Å². The highest BCUT2D eigenvalue weighted by Gasteiger charge is 2.51. The Morgan fingerprint density at radius 2 is 2.00 bits per heavy atom. The van der Waals surface area contributed by atoms with Crippen LogP contribution < -0.4 is 5.32 Å². The van der Waals surface area contributed by atoms with Crippen molar-refractivity contribution in [2.45, 2.75) is 6.42 Å². The summed E-state index contributed by atoms with van der Waals surface area (Å²) in [6, 6.07) is 3.45. The van der Waals surface area contributed by atoms with Gasteiger partial charge in [-0.1, -0.05) is 12.2 Å². The van der Waals surface area contributed by atoms with E-state index in [1.165, 1.54) is 0 Å². The number of halogens is 1. The van der Waals surface area contributed by atoms with E-state index in [1.54, 1.807) is 18.3 Å². The molecule has 3 rings (SSSR count). The first-order valence-electron chi connectivity index (χ1n) is 6.40. The third kappa shape index (κ3) is 2.14. The van der Waals surface area contributed by atoms with Gasteiger partial charge in [0.1, 0.15) is 4.60 Å². The van der Waals surface area contributed by atoms with Crippen molar-refractivity contribution >= 4 is 33.5 Å². The van der Waals surface area contributed by atoms with Crippen LogP contribution in [-0.4, -0.2) is 22.0 Å². The molecule has 0 radical (unpaired) electrons. The molecule has 0 aliphatic heterocycles. The number of carboxylic acid groups (broad SMARTS) is 1. The molecule has 1 fully saturated rings. The van der Waals surface area contributed by atoms with Gasteiger partial charge in [-0.2, -0.15) is 0 Å². The van der Waals surface area contributed by atoms with Crippen LogP contribution in [0.3, 0.4) is 0 Å². The number of pyridine rings is 1. The van der Waals surface area contributed by atoms with Crippen LogP contribution in [0.25, 0.3) is 0 Å². The Balaban J connectivity index is 1.82. The molecule has 5 nitrogen and oxygen atoms in total. The highest BCUT2D eigenvalue weighted by atomic mass is 79.9. The van der Waals surface area contributed by atoms with Gasteiger partial charge in [-0.15, -0.1) is 0 Å². The summed E-state index contributed by atoms with van der Waals surface area (Å²) >= 11 is 3.26. The summed E-state index contributed by atoms with van der Waals surface area (Å²) in [5.74, 6) is -2.27. The molecule has 0 spiro atoms. The van der Waals surface area contributed by atoms with Gasteiger partial charge < -0.3 is 10.4 Å². The lowest BCUT2D eigenvalue weighted by Gasteiger charge is -2.23. The molecule has 2 bridgehead atoms. The lowest BCUT2D eigenvalue weighted by molar-refractivity contribution is -0.146. The number of aliphatic carboxylic acids is 1. The van der Waals surface area contributed by atoms with E-state index in [4.69, 9.17) is 0 Å². The number of anilines is 1. The topological polar surface area (TPSA) is 79.3 Å². The normalized spacial score (nSPS) is 30.4. The van der Waals surface area contributed by atoms with Crippen LogP contribution in [0.2, 0.25) is 0 Å². The molecule has 0 aromatic carbocycles. The Morgan fingerprint density at radius 1 is 1.30 bits per heavy atom. The molecule has 2 N–H and O–H groups in total. The molecular weight excluding hydrogens is 324 g/mol. The molecule has 2 unspecified atom stereocenters. The van der Waals surface area contributed by atoms with Gasteiger partial charge in [-0.25, -0.2) is 4.98 Å². The fraction of sp³-hybridized carbons (Fsp3) is 0.357. The summed E-state index contributed by atoms with van der Waals surface area (Å²) in [5, 5.41) is 12.1. The number of fused-ring (bicyclic) bond motifs is 2. The quantitative estimate of drug-likeness (QED) is 0.655. The van der Waals surface area contributed by atoms with Gasteiger partial charge in [-0.05, 0) is 46.3 Å². The average molecular weight is 337 g/mol. The predicted molar refractivity (Wildman–Crippen MR) is 75.9 cm³/mol. The third-order valence-electron chi connectivity index (χ3n) is 4.06. The molecule has 1 amide bonds. The van der Waals surface area contributed by atoms with E-state index in [2.05, 4.69) is 26.2 Å². The molecule has 1 aromatic heterocycles. The molecule has 1 aromatic rings. The number of carbonyl (C=O) groups is 2. The molecule has 4 atom stereocenters. The number of hydrogen-bond acceptors (Lipinski definition) is 3. The molecule has 104 valence electrons. The van der Waals surface area contributed by atoms with Crippen molar-refractivity contribution in [3.63, 3.8) is 0 Å². The van der Waals surface area contributed by atoms with E-state index < -0.39 is 17.8 Å². The summed E-state index contributed by atoms with van der Waals surface area (Å²) in [4.78, 5) is 27.8. The molecule has 6 heteroatoms. The van der Waals surface area contributed by atoms with Crippen LogP contribution >= 0.6 is 15.9 Å². The zero-order valence-electron chi connectivity index (χ0n) is 10.5. The van der Waals surface area contributed by atoms with Crippen molar-refractivity contribution in [1.82, 2.24) is 4.98 Å². The number of hydrogen-bond donors (Lipinski definition) is 2. The largest absolute Gasteiger partial charge is 0.481 e. The number of carboxylic acids is 1. The van der Waals surface area contributed by atoms with Crippen molar-refractivity contribution in [3.8, 4) is 0 Å². The number of nitrogens with one attached hydrogen (secondary N) is 1. The number of allylic oxidation sites excluding steroid dienone is 2. The second kappa shape index (κ2) is 5.01. The van der Waals surface area contributed by atoms with Crippen LogP contribution in [0, 0.1) is 23.7 Å². The second-order valence-corrected chi connectivity index (χ2v) is 5.92. The molecule has 0 saturated heterocycles. The minimum Gasteiger partial charge on any atom is -0.481 e. The lowest BCUT2D eigenvalue weighted by Crippen LogP contribution is -2.36. The number of aromatic nitrogens is 1. The zero-order chi connectivity index (χ0) is 14.3. The van der Waals surface area contributed by atoms with Gasteiger partial charge in [0.2, 0.25) is 5.91 Å². The Labute approximate surface area is 124 Å². The fourth-order valence-corrected chi connectivity index (χ4v) is 3.56. The van der Waals surface area contributed by atoms with Crippen LogP contribution in [0.4, 0.5) is 5.69 Å². The first kappa shape index (κ1) is 13.3. The van der Waals surface area contributed by atoms with Gasteiger partial charge in [0.05, 0.1) is 17.5 Å². The summed E-state index contributed by atoms with van der Waals surface area (Å²) in [6.07, 6.45) is 6.25. The minimum atomic E-state index is -0.896. The van der Waals surface area contributed by atoms with Crippen molar-refractivity contribution < 1.29 is 14.7 Å². The summed E-state index contributed by atoms with van der Waals surface area (Å²) in [7, 11) is 0. The first-order chi connectivity index (χ1) is 9.58. The zero-order valence-corrected chi connectivity index (χ0v) is 12.1. The predicted octanol–water partition coefficient (Wildman–Crippen LogP) is 2.31. The van der Waals surface area contributed by atoms with Gasteiger partial charge in [0, 0.05) is 6.20 Å². The van der Waals surface area contributed by atoms with E-state index in [0.717, 1.165) is 6.42 Å². The SMILES string of the molecule is O=C(O)[C@@H]1C2C=CC(C2)[C@@H]1C(=O)Nc1cccnc1Br. The first-order valence-corrected chi connectivity index (χ1v) is 7.19. The van der Waals surface area contributed by atoms with Crippen LogP contribution in [0.5, 0.6) is 0 Å². The van der Waals surface area contributed by atoms with Crippen molar-refractivity contribution in [2.75, 3.05) is 5.32 Å². The highest BCUT2D eigenvalue weighted by molar-refractivity contribution is 9.10. The fourth-order valence-electron chi connectivity index (χ4n) is 3.21. The number of carbonyl (C=O) groups excluding carboxylic acids is 1. The monoisotopic (exact) mass is 336 g/mol. The second-order valence-electron chi connectivity index (χ2n) is 5.17. The van der Waals surface area contributed by atoms with E-state index in [9.17, 15) is 14.7 Å². The third-order valence-corrected chi connectivity index (χ3v) is 4.70. The number of amides is 1. The molecule has 2 aliphatic rings. The molecule has 2 aliphatic carbocycles. The van der Waals surface area contributed by atoms with E-state index in [0.29, 0.717) is 10.3 Å². The van der Waals surface area contributed by atoms with Crippen LogP contribution in [0.15, 0.2) is 35.1 Å². The molecule has 20 heavy (non-hydrogen) atoms. The Kier molecular flexibility index (Phi) is 3.33. The van der Waals surface area contributed by atoms with Crippen molar-refractivity contribution in [1.29, 1.82) is 0 Å². The maximum absolute atomic E-state index is 12.4. The van der Waals surface area contributed by atoms with Gasteiger partial charge in [0.25, 0.3) is 0 Å². The van der Waals surface area contributed by atoms with Gasteiger partial charge in [0.15, 0.2) is 0 Å². The number of rotatable bonds is 3. The summed E-state index contributed by atoms with van der Waals surface area (Å²) in [6.45, 7) is 0. The standard InChI is InChI=1S/C14H13BrN2O3/c15-12-9(2-1-5-16-12)17-13(18)10-7-3-4-8(6-7)11(10)14(19)20/h1-5,7-8,10-11H,6H2,(H,17,18)(H,19,20)/t7?,8?,10-,11+/m0/s1. The molecule has 1 heterocycles. The van der Waals surface area contributed by atoms with Crippen LogP contribution in [0.1, 0.15) is 6.42 Å². The smallest absolute Gasteiger partial charge is 0.307 e. The van der Waals surface area contributed by atoms with E-state index in [-0.39, 0.29) is 17.7 Å². The Morgan fingerprint density at radius 3 is 2.65 bits per heavy atom. The summed E-state index contributed by atoms with van der Waals surface area (Å²) < 4.78 is 0.541. The molecule has 1 saturated carbocycles. The minimum absolute atomic E-state index is 0.0226. The highest BCUT2D eigenvalue weighted by Crippen LogP contribution is 2.48. The maximum Gasteiger partial charge on any atom is 0.307 e. The average Bonchev–Trinajstić information content (AvgIpc) is 3.01. The van der Waals surface area contributed by atoms with Crippen molar-refractivity contribution in [2.24, 2.45) is 23.7 Å². The van der Waals surface area contributed by atoms with Crippen molar-refractivity contribution in [3.05, 3.63) is 35.1 Å². The van der Waals surface area contributed by atoms with Crippen LogP contribution in [-0.2, 0) is 9.59 Å². The Hall–Kier alpha value is -1.69. The number of nitrogens with zero attached hydrogens (tertiary/aromatic N) is 1. The van der Waals surface area contributed by atoms with E-state index in [1.807, 2.05) is 12.2 Å². The summed E-state index contributed by atoms with van der Waals surface area (Å²) in [5.41, 5.74) is 0.563.